The van der Waals surface area contributed by atoms with Crippen LogP contribution in [0.1, 0.15) is 44.3 Å². The maximum atomic E-state index is 13.2. The molecule has 0 unspecified atom stereocenters. The minimum absolute atomic E-state index is 0.0238. The number of nitrogens with one attached hydrogen (secondary N) is 3. The Morgan fingerprint density at radius 3 is 2.28 bits per heavy atom. The number of nitrogens with two attached hydrogens (primary N) is 1. The highest BCUT2D eigenvalue weighted by Crippen LogP contribution is 2.31. The second-order valence-corrected chi connectivity index (χ2v) is 10.4. The first kappa shape index (κ1) is 31.4. The quantitative estimate of drug-likeness (QED) is 0.151. The number of carbonyl (C=O) groups excluding carboxylic acids is 3. The molecule has 2 heterocycles. The molecule has 0 saturated heterocycles. The summed E-state index contributed by atoms with van der Waals surface area (Å²) in [4.78, 5) is 49.1. The Labute approximate surface area is 266 Å². The number of carbonyl (C=O) groups is 3. The molecule has 0 saturated carbocycles. The highest BCUT2D eigenvalue weighted by molar-refractivity contribution is 6.00. The van der Waals surface area contributed by atoms with Crippen molar-refractivity contribution >= 4 is 35.0 Å². The van der Waals surface area contributed by atoms with Crippen molar-refractivity contribution < 1.29 is 18.9 Å². The zero-order valence-corrected chi connectivity index (χ0v) is 25.5. The van der Waals surface area contributed by atoms with Gasteiger partial charge in [0.15, 0.2) is 17.3 Å². The third-order valence-corrected chi connectivity index (χ3v) is 7.08. The Kier molecular flexibility index (Phi) is 9.98. The van der Waals surface area contributed by atoms with Gasteiger partial charge in [0.25, 0.3) is 11.8 Å². The molecule has 0 fully saturated rings. The average Bonchev–Trinajstić information content (AvgIpc) is 3.41. The maximum Gasteiger partial charge on any atom is 0.326 e. The lowest BCUT2D eigenvalue weighted by molar-refractivity contribution is 0.0941. The Hall–Kier alpha value is -6.04. The van der Waals surface area contributed by atoms with Gasteiger partial charge in [0.05, 0.1) is 17.6 Å². The third kappa shape index (κ3) is 7.53. The minimum Gasteiger partial charge on any atom is -0.382 e. The molecule has 0 aliphatic heterocycles. The van der Waals surface area contributed by atoms with E-state index in [4.69, 9.17) is 10.3 Å². The van der Waals surface area contributed by atoms with Crippen LogP contribution in [0.25, 0.3) is 11.3 Å². The number of amides is 4. The van der Waals surface area contributed by atoms with E-state index in [2.05, 4.69) is 31.1 Å². The lowest BCUT2D eigenvalue weighted by Gasteiger charge is -2.23. The zero-order valence-electron chi connectivity index (χ0n) is 25.5. The topological polar surface area (TPSA) is 168 Å². The Morgan fingerprint density at radius 1 is 0.848 bits per heavy atom. The summed E-state index contributed by atoms with van der Waals surface area (Å²) in [5, 5.41) is 12.6. The van der Waals surface area contributed by atoms with Crippen molar-refractivity contribution in [3.05, 3.63) is 119 Å². The predicted molar refractivity (Wildman–Crippen MR) is 174 cm³/mol. The maximum absolute atomic E-state index is 13.2. The van der Waals surface area contributed by atoms with Crippen LogP contribution in [0.4, 0.5) is 22.0 Å². The summed E-state index contributed by atoms with van der Waals surface area (Å²) in [7, 11) is 0. The highest BCUT2D eigenvalue weighted by Gasteiger charge is 2.24. The van der Waals surface area contributed by atoms with E-state index in [1.807, 2.05) is 60.7 Å². The van der Waals surface area contributed by atoms with Crippen molar-refractivity contribution in [2.24, 2.45) is 0 Å². The fourth-order valence-electron chi connectivity index (χ4n) is 4.78. The monoisotopic (exact) mass is 618 g/mol. The van der Waals surface area contributed by atoms with Crippen LogP contribution in [0.5, 0.6) is 0 Å². The van der Waals surface area contributed by atoms with Gasteiger partial charge in [-0.3, -0.25) is 14.5 Å². The average molecular weight is 619 g/mol. The van der Waals surface area contributed by atoms with E-state index < -0.39 is 5.91 Å². The van der Waals surface area contributed by atoms with Crippen LogP contribution in [-0.4, -0.2) is 46.1 Å². The van der Waals surface area contributed by atoms with Crippen molar-refractivity contribution in [2.75, 3.05) is 23.7 Å². The van der Waals surface area contributed by atoms with Crippen LogP contribution in [0.2, 0.25) is 0 Å². The SMILES string of the molecule is Cc1noc(C)c1N(C(=O)NCCCNC(=O)c1nc(-c2cccc(C(=O)NCc3ccccc3)c2)cnc1N)c1ccccc1. The molecule has 0 aliphatic carbocycles. The summed E-state index contributed by atoms with van der Waals surface area (Å²) >= 11 is 0. The van der Waals surface area contributed by atoms with E-state index in [1.165, 1.54) is 11.1 Å². The molecular formula is C34H34N8O4. The molecule has 12 heteroatoms. The van der Waals surface area contributed by atoms with Crippen molar-refractivity contribution in [2.45, 2.75) is 26.8 Å². The fraction of sp³-hybridized carbons (Fsp3) is 0.176. The van der Waals surface area contributed by atoms with E-state index >= 15 is 0 Å². The molecule has 0 radical (unpaired) electrons. The van der Waals surface area contributed by atoms with Crippen LogP contribution < -0.4 is 26.6 Å². The molecule has 2 aromatic heterocycles. The van der Waals surface area contributed by atoms with Gasteiger partial charge in [-0.05, 0) is 50.1 Å². The largest absolute Gasteiger partial charge is 0.382 e. The lowest BCUT2D eigenvalue weighted by Crippen LogP contribution is -2.39. The van der Waals surface area contributed by atoms with Gasteiger partial charge in [-0.25, -0.2) is 14.8 Å². The molecule has 0 aliphatic rings. The molecule has 4 amide bonds. The molecule has 0 bridgehead atoms. The van der Waals surface area contributed by atoms with Crippen LogP contribution >= 0.6 is 0 Å². The number of rotatable bonds is 11. The van der Waals surface area contributed by atoms with Crippen LogP contribution in [-0.2, 0) is 6.54 Å². The highest BCUT2D eigenvalue weighted by atomic mass is 16.5. The van der Waals surface area contributed by atoms with E-state index in [1.54, 1.807) is 38.1 Å². The van der Waals surface area contributed by atoms with Crippen molar-refractivity contribution in [3.63, 3.8) is 0 Å². The number of benzene rings is 3. The number of anilines is 3. The Bertz CT molecular complexity index is 1810. The van der Waals surface area contributed by atoms with E-state index in [0.717, 1.165) is 5.56 Å². The predicted octanol–water partition coefficient (Wildman–Crippen LogP) is 4.93. The molecule has 5 N–H and O–H groups in total. The lowest BCUT2D eigenvalue weighted by atomic mass is 10.1. The van der Waals surface area contributed by atoms with Gasteiger partial charge in [-0.2, -0.15) is 0 Å². The summed E-state index contributed by atoms with van der Waals surface area (Å²) in [6.07, 6.45) is 1.90. The van der Waals surface area contributed by atoms with E-state index in [9.17, 15) is 14.4 Å². The summed E-state index contributed by atoms with van der Waals surface area (Å²) in [5.74, 6) is -0.249. The number of aromatic nitrogens is 3. The first-order valence-corrected chi connectivity index (χ1v) is 14.7. The zero-order chi connectivity index (χ0) is 32.5. The van der Waals surface area contributed by atoms with Crippen molar-refractivity contribution in [1.82, 2.24) is 31.1 Å². The molecule has 0 atom stereocenters. The summed E-state index contributed by atoms with van der Waals surface area (Å²) in [6.45, 7) is 4.45. The fourth-order valence-corrected chi connectivity index (χ4v) is 4.78. The molecule has 0 spiro atoms. The number of nitrogens with zero attached hydrogens (tertiary/aromatic N) is 4. The smallest absolute Gasteiger partial charge is 0.326 e. The molecule has 5 aromatic rings. The number of aryl methyl sites for hydroxylation is 2. The second-order valence-electron chi connectivity index (χ2n) is 10.4. The van der Waals surface area contributed by atoms with Crippen LogP contribution in [0.15, 0.2) is 95.6 Å². The molecular weight excluding hydrogens is 584 g/mol. The van der Waals surface area contributed by atoms with Crippen molar-refractivity contribution in [1.29, 1.82) is 0 Å². The summed E-state index contributed by atoms with van der Waals surface area (Å²) < 4.78 is 5.29. The summed E-state index contributed by atoms with van der Waals surface area (Å²) in [6, 6.07) is 25.4. The van der Waals surface area contributed by atoms with Crippen molar-refractivity contribution in [3.8, 4) is 11.3 Å². The number of hydrogen-bond donors (Lipinski definition) is 4. The molecule has 234 valence electrons. The van der Waals surface area contributed by atoms with Gasteiger partial charge in [0.1, 0.15) is 11.4 Å². The number of para-hydroxylation sites is 1. The van der Waals surface area contributed by atoms with E-state index in [0.29, 0.717) is 52.6 Å². The first-order valence-electron chi connectivity index (χ1n) is 14.7. The van der Waals surface area contributed by atoms with Crippen LogP contribution in [0.3, 0.4) is 0 Å². The van der Waals surface area contributed by atoms with Gasteiger partial charge < -0.3 is 26.2 Å². The van der Waals surface area contributed by atoms with Gasteiger partial charge in [0.2, 0.25) is 0 Å². The standard InChI is InChI=1S/C34H34N8O4/c1-22-30(23(2)46-41-22)42(27-15-7-4-8-16-27)34(45)37-18-10-17-36-33(44)29-31(35)38-21-28(40-29)25-13-9-14-26(19-25)32(43)39-20-24-11-5-3-6-12-24/h3-9,11-16,19,21H,10,17-18,20H2,1-2H3,(H2,35,38)(H,36,44)(H,37,45)(H,39,43). The molecule has 3 aromatic carbocycles. The van der Waals surface area contributed by atoms with E-state index in [-0.39, 0.29) is 36.5 Å². The Balaban J connectivity index is 1.17. The molecule has 5 rings (SSSR count). The van der Waals surface area contributed by atoms with Gasteiger partial charge >= 0.3 is 6.03 Å². The second kappa shape index (κ2) is 14.6. The third-order valence-electron chi connectivity index (χ3n) is 7.08. The van der Waals surface area contributed by atoms with Gasteiger partial charge in [0, 0.05) is 30.8 Å². The normalized spacial score (nSPS) is 10.7. The number of urea groups is 1. The first-order chi connectivity index (χ1) is 22.3. The van der Waals surface area contributed by atoms with Gasteiger partial charge in [-0.1, -0.05) is 65.8 Å². The Morgan fingerprint density at radius 2 is 1.57 bits per heavy atom. The van der Waals surface area contributed by atoms with Crippen LogP contribution in [0, 0.1) is 13.8 Å². The number of hydrogen-bond acceptors (Lipinski definition) is 8. The molecule has 46 heavy (non-hydrogen) atoms. The number of nitrogen functional groups attached to an aromatic ring is 1. The minimum atomic E-state index is -0.503. The molecule has 12 nitrogen and oxygen atoms in total. The summed E-state index contributed by atoms with van der Waals surface area (Å²) in [5.41, 5.74) is 10.2. The van der Waals surface area contributed by atoms with Gasteiger partial charge in [-0.15, -0.1) is 0 Å².